The standard InChI is InChI=1S/C15H31NO2/c1-3-4-5-6-11-18-12-9-14-8-7-10-15(14,13-17)16-2/h14,16-17H,3-13H2,1-2H3. The molecule has 1 rings (SSSR count). The van der Waals surface area contributed by atoms with Gasteiger partial charge in [-0.05, 0) is 38.6 Å². The van der Waals surface area contributed by atoms with Crippen LogP contribution in [0, 0.1) is 5.92 Å². The fourth-order valence-corrected chi connectivity index (χ4v) is 3.14. The molecule has 2 N–H and O–H groups in total. The number of ether oxygens (including phenoxy) is 1. The lowest BCUT2D eigenvalue weighted by Gasteiger charge is -2.33. The van der Waals surface area contributed by atoms with Crippen molar-refractivity contribution in [3.05, 3.63) is 0 Å². The van der Waals surface area contributed by atoms with Gasteiger partial charge in [-0.15, -0.1) is 0 Å². The summed E-state index contributed by atoms with van der Waals surface area (Å²) in [6.45, 7) is 4.23. The molecule has 2 unspecified atom stereocenters. The van der Waals surface area contributed by atoms with Gasteiger partial charge in [0.2, 0.25) is 0 Å². The lowest BCUT2D eigenvalue weighted by Crippen LogP contribution is -2.49. The van der Waals surface area contributed by atoms with E-state index in [0.29, 0.717) is 5.92 Å². The van der Waals surface area contributed by atoms with E-state index in [2.05, 4.69) is 12.2 Å². The monoisotopic (exact) mass is 257 g/mol. The van der Waals surface area contributed by atoms with Crippen LogP contribution in [0.25, 0.3) is 0 Å². The molecule has 0 bridgehead atoms. The van der Waals surface area contributed by atoms with E-state index in [1.54, 1.807) is 0 Å². The van der Waals surface area contributed by atoms with Crippen molar-refractivity contribution < 1.29 is 9.84 Å². The topological polar surface area (TPSA) is 41.5 Å². The maximum atomic E-state index is 9.58. The van der Waals surface area contributed by atoms with E-state index in [1.807, 2.05) is 7.05 Å². The molecule has 0 aromatic carbocycles. The minimum Gasteiger partial charge on any atom is -0.394 e. The van der Waals surface area contributed by atoms with E-state index >= 15 is 0 Å². The van der Waals surface area contributed by atoms with Gasteiger partial charge in [-0.2, -0.15) is 0 Å². The summed E-state index contributed by atoms with van der Waals surface area (Å²) < 4.78 is 5.72. The van der Waals surface area contributed by atoms with Crippen molar-refractivity contribution in [3.8, 4) is 0 Å². The zero-order valence-electron chi connectivity index (χ0n) is 12.2. The number of nitrogens with one attached hydrogen (secondary N) is 1. The van der Waals surface area contributed by atoms with Crippen molar-refractivity contribution in [3.63, 3.8) is 0 Å². The Hall–Kier alpha value is -0.120. The van der Waals surface area contributed by atoms with Gasteiger partial charge in [-0.3, -0.25) is 0 Å². The number of hydrogen-bond acceptors (Lipinski definition) is 3. The van der Waals surface area contributed by atoms with Gasteiger partial charge >= 0.3 is 0 Å². The van der Waals surface area contributed by atoms with E-state index < -0.39 is 0 Å². The first-order chi connectivity index (χ1) is 8.79. The normalized spacial score (nSPS) is 27.8. The molecule has 18 heavy (non-hydrogen) atoms. The van der Waals surface area contributed by atoms with Crippen molar-refractivity contribution in [1.29, 1.82) is 0 Å². The van der Waals surface area contributed by atoms with Gasteiger partial charge < -0.3 is 15.2 Å². The number of likely N-dealkylation sites (N-methyl/N-ethyl adjacent to an activating group) is 1. The summed E-state index contributed by atoms with van der Waals surface area (Å²) in [7, 11) is 1.97. The van der Waals surface area contributed by atoms with Gasteiger partial charge in [0.05, 0.1) is 6.61 Å². The van der Waals surface area contributed by atoms with E-state index in [4.69, 9.17) is 4.74 Å². The van der Waals surface area contributed by atoms with Gasteiger partial charge in [-0.1, -0.05) is 32.6 Å². The highest BCUT2D eigenvalue weighted by atomic mass is 16.5. The largest absolute Gasteiger partial charge is 0.394 e. The van der Waals surface area contributed by atoms with Crippen LogP contribution in [0.4, 0.5) is 0 Å². The molecule has 2 atom stereocenters. The molecule has 0 heterocycles. The van der Waals surface area contributed by atoms with Crippen LogP contribution in [-0.2, 0) is 4.74 Å². The first-order valence-electron chi connectivity index (χ1n) is 7.66. The van der Waals surface area contributed by atoms with E-state index in [0.717, 1.165) is 26.1 Å². The Morgan fingerprint density at radius 2 is 2.11 bits per heavy atom. The van der Waals surface area contributed by atoms with Gasteiger partial charge in [-0.25, -0.2) is 0 Å². The van der Waals surface area contributed by atoms with Crippen LogP contribution in [0.15, 0.2) is 0 Å². The van der Waals surface area contributed by atoms with Crippen LogP contribution in [0.1, 0.15) is 58.3 Å². The van der Waals surface area contributed by atoms with Crippen LogP contribution in [-0.4, -0.2) is 37.5 Å². The number of hydrogen-bond donors (Lipinski definition) is 2. The zero-order chi connectivity index (χ0) is 13.3. The number of aliphatic hydroxyl groups excluding tert-OH is 1. The quantitative estimate of drug-likeness (QED) is 0.591. The second-order valence-electron chi connectivity index (χ2n) is 5.62. The molecule has 0 radical (unpaired) electrons. The fraction of sp³-hybridized carbons (Fsp3) is 1.00. The minimum atomic E-state index is -0.0361. The van der Waals surface area contributed by atoms with Gasteiger partial charge in [0.25, 0.3) is 0 Å². The molecule has 1 fully saturated rings. The predicted octanol–water partition coefficient (Wildman–Crippen LogP) is 2.72. The fourth-order valence-electron chi connectivity index (χ4n) is 3.14. The molecule has 108 valence electrons. The maximum Gasteiger partial charge on any atom is 0.0615 e. The van der Waals surface area contributed by atoms with Crippen LogP contribution in [0.2, 0.25) is 0 Å². The summed E-state index contributed by atoms with van der Waals surface area (Å²) in [5, 5.41) is 12.9. The Kier molecular flexibility index (Phi) is 7.87. The maximum absolute atomic E-state index is 9.58. The van der Waals surface area contributed by atoms with Gasteiger partial charge in [0.1, 0.15) is 0 Å². The predicted molar refractivity (Wildman–Crippen MR) is 75.8 cm³/mol. The Balaban J connectivity index is 2.11. The Morgan fingerprint density at radius 3 is 2.78 bits per heavy atom. The second-order valence-corrected chi connectivity index (χ2v) is 5.62. The Bertz CT molecular complexity index is 205. The summed E-state index contributed by atoms with van der Waals surface area (Å²) in [6, 6.07) is 0. The average molecular weight is 257 g/mol. The van der Waals surface area contributed by atoms with Crippen LogP contribution in [0.3, 0.4) is 0 Å². The van der Waals surface area contributed by atoms with Crippen molar-refractivity contribution in [2.45, 2.75) is 63.8 Å². The summed E-state index contributed by atoms with van der Waals surface area (Å²) in [5.41, 5.74) is -0.0361. The second kappa shape index (κ2) is 8.89. The smallest absolute Gasteiger partial charge is 0.0615 e. The summed E-state index contributed by atoms with van der Waals surface area (Å²) in [6.07, 6.45) is 9.70. The lowest BCUT2D eigenvalue weighted by atomic mass is 9.86. The highest BCUT2D eigenvalue weighted by molar-refractivity contribution is 4.97. The molecule has 0 aromatic heterocycles. The molecule has 0 aliphatic heterocycles. The number of aliphatic hydroxyl groups is 1. The van der Waals surface area contributed by atoms with E-state index in [9.17, 15) is 5.11 Å². The number of rotatable bonds is 10. The third-order valence-electron chi connectivity index (χ3n) is 4.49. The van der Waals surface area contributed by atoms with Crippen molar-refractivity contribution in [1.82, 2.24) is 5.32 Å². The average Bonchev–Trinajstić information content (AvgIpc) is 2.81. The molecule has 3 heteroatoms. The molecule has 1 saturated carbocycles. The van der Waals surface area contributed by atoms with Crippen LogP contribution >= 0.6 is 0 Å². The molecule has 0 spiro atoms. The highest BCUT2D eigenvalue weighted by Crippen LogP contribution is 2.37. The van der Waals surface area contributed by atoms with E-state index in [-0.39, 0.29) is 12.1 Å². The molecule has 1 aliphatic carbocycles. The first-order valence-corrected chi connectivity index (χ1v) is 7.66. The third-order valence-corrected chi connectivity index (χ3v) is 4.49. The van der Waals surface area contributed by atoms with Crippen molar-refractivity contribution in [2.75, 3.05) is 26.9 Å². The highest BCUT2D eigenvalue weighted by Gasteiger charge is 2.40. The number of unbranched alkanes of at least 4 members (excludes halogenated alkanes) is 3. The van der Waals surface area contributed by atoms with Crippen molar-refractivity contribution >= 4 is 0 Å². The lowest BCUT2D eigenvalue weighted by molar-refractivity contribution is 0.0809. The Labute approximate surface area is 112 Å². The molecule has 3 nitrogen and oxygen atoms in total. The van der Waals surface area contributed by atoms with Gasteiger partial charge in [0.15, 0.2) is 0 Å². The van der Waals surface area contributed by atoms with Crippen molar-refractivity contribution in [2.24, 2.45) is 5.92 Å². The van der Waals surface area contributed by atoms with Crippen LogP contribution < -0.4 is 5.32 Å². The third kappa shape index (κ3) is 4.52. The van der Waals surface area contributed by atoms with Crippen LogP contribution in [0.5, 0.6) is 0 Å². The first kappa shape index (κ1) is 15.9. The van der Waals surface area contributed by atoms with E-state index in [1.165, 1.54) is 38.5 Å². The molecule has 0 amide bonds. The molecule has 0 saturated heterocycles. The molecular weight excluding hydrogens is 226 g/mol. The SMILES string of the molecule is CCCCCCOCCC1CCCC1(CO)NC. The molecule has 0 aromatic rings. The zero-order valence-corrected chi connectivity index (χ0v) is 12.2. The molecular formula is C15H31NO2. The summed E-state index contributed by atoms with van der Waals surface area (Å²) >= 11 is 0. The Morgan fingerprint density at radius 1 is 1.28 bits per heavy atom. The summed E-state index contributed by atoms with van der Waals surface area (Å²) in [5.74, 6) is 0.572. The van der Waals surface area contributed by atoms with Gasteiger partial charge in [0, 0.05) is 18.8 Å². The molecule has 1 aliphatic rings. The summed E-state index contributed by atoms with van der Waals surface area (Å²) in [4.78, 5) is 0. The minimum absolute atomic E-state index is 0.0361.